The molecule has 1 atom stereocenters. The van der Waals surface area contributed by atoms with Gasteiger partial charge in [0.25, 0.3) is 0 Å². The largest absolute Gasteiger partial charge is 0.398 e. The molecular weight excluding hydrogens is 356 g/mol. The molecule has 1 aliphatic heterocycles. The monoisotopic (exact) mass is 388 g/mol. The lowest BCUT2D eigenvalue weighted by Gasteiger charge is -2.22. The van der Waals surface area contributed by atoms with Gasteiger partial charge in [-0.25, -0.2) is 0 Å². The van der Waals surface area contributed by atoms with Crippen molar-refractivity contribution in [2.45, 2.75) is 12.8 Å². The molecule has 0 bridgehead atoms. The van der Waals surface area contributed by atoms with Crippen molar-refractivity contribution in [2.75, 3.05) is 20.1 Å². The third-order valence-electron chi connectivity index (χ3n) is 4.77. The van der Waals surface area contributed by atoms with Crippen molar-refractivity contribution in [3.8, 4) is 0 Å². The summed E-state index contributed by atoms with van der Waals surface area (Å²) in [4.78, 5) is 2.30. The van der Waals surface area contributed by atoms with Gasteiger partial charge < -0.3 is 22.1 Å². The molecule has 4 heteroatoms. The molecule has 0 spiro atoms. The van der Waals surface area contributed by atoms with Gasteiger partial charge in [0.15, 0.2) is 0 Å². The molecule has 0 saturated carbocycles. The molecule has 1 unspecified atom stereocenters. The normalized spacial score (nSPS) is 22.5. The van der Waals surface area contributed by atoms with Crippen LogP contribution in [0.25, 0.3) is 6.08 Å². The maximum Gasteiger partial charge on any atom is 0.0934 e. The Labute approximate surface area is 174 Å². The van der Waals surface area contributed by atoms with Gasteiger partial charge in [-0.3, -0.25) is 0 Å². The summed E-state index contributed by atoms with van der Waals surface area (Å²) in [6, 6.07) is 6.64. The van der Waals surface area contributed by atoms with E-state index in [4.69, 9.17) is 17.2 Å². The maximum absolute atomic E-state index is 6.19. The summed E-state index contributed by atoms with van der Waals surface area (Å²) in [5, 5.41) is 0. The number of hydrogen-bond donors (Lipinski definition) is 3. The Morgan fingerprint density at radius 1 is 1.21 bits per heavy atom. The van der Waals surface area contributed by atoms with Crippen molar-refractivity contribution < 1.29 is 0 Å². The van der Waals surface area contributed by atoms with Crippen molar-refractivity contribution in [3.05, 3.63) is 113 Å². The molecule has 1 aromatic carbocycles. The Bertz CT molecular complexity index is 893. The summed E-state index contributed by atoms with van der Waals surface area (Å²) in [6.07, 6.45) is 19.7. The molecular formula is C25H32N4. The van der Waals surface area contributed by atoms with Gasteiger partial charge in [-0.15, -0.1) is 0 Å². The van der Waals surface area contributed by atoms with Crippen LogP contribution in [0.4, 0.5) is 0 Å². The van der Waals surface area contributed by atoms with E-state index in [1.54, 1.807) is 18.2 Å². The van der Waals surface area contributed by atoms with Crippen LogP contribution < -0.4 is 17.2 Å². The highest BCUT2D eigenvalue weighted by Crippen LogP contribution is 2.24. The van der Waals surface area contributed by atoms with Crippen LogP contribution in [-0.2, 0) is 0 Å². The van der Waals surface area contributed by atoms with E-state index in [0.717, 1.165) is 18.7 Å². The second-order valence-corrected chi connectivity index (χ2v) is 7.24. The Hall–Kier alpha value is -3.24. The number of hydrogen-bond acceptors (Lipinski definition) is 4. The minimum Gasteiger partial charge on any atom is -0.398 e. The highest BCUT2D eigenvalue weighted by atomic mass is 15.1. The van der Waals surface area contributed by atoms with E-state index in [2.05, 4.69) is 68.0 Å². The smallest absolute Gasteiger partial charge is 0.0934 e. The topological polar surface area (TPSA) is 81.3 Å². The van der Waals surface area contributed by atoms with Crippen LogP contribution in [0.1, 0.15) is 22.6 Å². The lowest BCUT2D eigenvalue weighted by molar-refractivity contribution is 0.359. The molecule has 0 amide bonds. The van der Waals surface area contributed by atoms with E-state index in [1.165, 1.54) is 16.7 Å². The zero-order chi connectivity index (χ0) is 21.2. The number of allylic oxidation sites excluding steroid dienone is 7. The molecule has 6 N–H and O–H groups in total. The number of nitrogens with zero attached hydrogens (tertiary/aromatic N) is 1. The van der Waals surface area contributed by atoms with Crippen molar-refractivity contribution in [3.63, 3.8) is 0 Å². The Morgan fingerprint density at radius 2 is 2.00 bits per heavy atom. The predicted octanol–water partition coefficient (Wildman–Crippen LogP) is 3.86. The summed E-state index contributed by atoms with van der Waals surface area (Å²) in [6.45, 7) is 7.65. The fourth-order valence-electron chi connectivity index (χ4n) is 3.11. The SMILES string of the molecule is C=C/C=C\c1cc(C2/C=C/C=C(/C(N)=C/C=C(N)N)\C=C\CN(C)C2)ccc1C. The molecule has 0 fully saturated rings. The standard InChI is InChI=1S/C25H32N4/c1-4-5-8-21-17-22(13-12-19(21)2)23-10-6-9-20(11-7-16-29(3)18-23)24(26)14-15-25(27)28/h4-15,17,23H,1,16,18,26-28H2,2-3H3/b8-5-,10-6+,11-7+,20-9+,24-14-. The lowest BCUT2D eigenvalue weighted by Crippen LogP contribution is -2.24. The zero-order valence-electron chi connectivity index (χ0n) is 17.4. The fourth-order valence-corrected chi connectivity index (χ4v) is 3.11. The van der Waals surface area contributed by atoms with Gasteiger partial charge in [-0.2, -0.15) is 0 Å². The van der Waals surface area contributed by atoms with Crippen LogP contribution in [0.5, 0.6) is 0 Å². The van der Waals surface area contributed by atoms with Crippen LogP contribution in [0.2, 0.25) is 0 Å². The van der Waals surface area contributed by atoms with E-state index in [9.17, 15) is 0 Å². The molecule has 152 valence electrons. The van der Waals surface area contributed by atoms with Gasteiger partial charge in [0.05, 0.1) is 5.82 Å². The first kappa shape index (κ1) is 22.1. The van der Waals surface area contributed by atoms with E-state index in [0.29, 0.717) is 5.70 Å². The second kappa shape index (κ2) is 10.9. The quantitative estimate of drug-likeness (QED) is 0.669. The number of likely N-dealkylation sites (N-methyl/N-ethyl adjacent to an activating group) is 1. The van der Waals surface area contributed by atoms with Crippen LogP contribution >= 0.6 is 0 Å². The van der Waals surface area contributed by atoms with E-state index in [1.807, 2.05) is 18.2 Å². The number of nitrogens with two attached hydrogens (primary N) is 3. The highest BCUT2D eigenvalue weighted by molar-refractivity contribution is 5.56. The molecule has 0 radical (unpaired) electrons. The molecule has 0 saturated heterocycles. The molecule has 29 heavy (non-hydrogen) atoms. The highest BCUT2D eigenvalue weighted by Gasteiger charge is 2.12. The first-order chi connectivity index (χ1) is 13.9. The molecule has 1 heterocycles. The molecule has 1 aliphatic rings. The maximum atomic E-state index is 6.19. The summed E-state index contributed by atoms with van der Waals surface area (Å²) in [5.74, 6) is 0.499. The van der Waals surface area contributed by atoms with Gasteiger partial charge in [0, 0.05) is 24.7 Å². The number of rotatable bonds is 5. The average molecular weight is 389 g/mol. The van der Waals surface area contributed by atoms with Crippen LogP contribution in [0.15, 0.2) is 96.6 Å². The molecule has 0 aliphatic carbocycles. The molecule has 2 rings (SSSR count). The third-order valence-corrected chi connectivity index (χ3v) is 4.77. The minimum absolute atomic E-state index is 0.230. The minimum atomic E-state index is 0.230. The average Bonchev–Trinajstić information content (AvgIpc) is 2.69. The van der Waals surface area contributed by atoms with Crippen LogP contribution in [0, 0.1) is 6.92 Å². The Balaban J connectivity index is 2.37. The first-order valence-corrected chi connectivity index (χ1v) is 9.72. The Kier molecular flexibility index (Phi) is 8.31. The van der Waals surface area contributed by atoms with E-state index >= 15 is 0 Å². The summed E-state index contributed by atoms with van der Waals surface area (Å²) in [5.41, 5.74) is 22.5. The van der Waals surface area contributed by atoms with Gasteiger partial charge in [-0.1, -0.05) is 73.4 Å². The summed E-state index contributed by atoms with van der Waals surface area (Å²) >= 11 is 0. The molecule has 0 aromatic heterocycles. The molecule has 4 nitrogen and oxygen atoms in total. The van der Waals surface area contributed by atoms with Gasteiger partial charge in [0.2, 0.25) is 0 Å². The van der Waals surface area contributed by atoms with Crippen LogP contribution in [-0.4, -0.2) is 25.0 Å². The number of aryl methyl sites for hydroxylation is 1. The van der Waals surface area contributed by atoms with Gasteiger partial charge in [0.1, 0.15) is 0 Å². The van der Waals surface area contributed by atoms with E-state index < -0.39 is 0 Å². The fraction of sp³-hybridized carbons (Fsp3) is 0.200. The predicted molar refractivity (Wildman–Crippen MR) is 126 cm³/mol. The van der Waals surface area contributed by atoms with Gasteiger partial charge in [-0.05, 0) is 48.4 Å². The third kappa shape index (κ3) is 7.01. The van der Waals surface area contributed by atoms with Crippen molar-refractivity contribution >= 4 is 6.08 Å². The van der Waals surface area contributed by atoms with Crippen molar-refractivity contribution in [2.24, 2.45) is 17.2 Å². The molecule has 1 aromatic rings. The van der Waals surface area contributed by atoms with Crippen molar-refractivity contribution in [1.29, 1.82) is 0 Å². The van der Waals surface area contributed by atoms with Gasteiger partial charge >= 0.3 is 0 Å². The summed E-state index contributed by atoms with van der Waals surface area (Å²) < 4.78 is 0. The zero-order valence-corrected chi connectivity index (χ0v) is 17.4. The van der Waals surface area contributed by atoms with E-state index in [-0.39, 0.29) is 11.7 Å². The van der Waals surface area contributed by atoms with Crippen molar-refractivity contribution in [1.82, 2.24) is 4.90 Å². The second-order valence-electron chi connectivity index (χ2n) is 7.24. The summed E-state index contributed by atoms with van der Waals surface area (Å²) in [7, 11) is 2.12. The Morgan fingerprint density at radius 3 is 2.72 bits per heavy atom. The number of benzene rings is 1. The van der Waals surface area contributed by atoms with Crippen LogP contribution in [0.3, 0.4) is 0 Å². The lowest BCUT2D eigenvalue weighted by atomic mass is 9.93. The first-order valence-electron chi connectivity index (χ1n) is 9.72.